The van der Waals surface area contributed by atoms with Gasteiger partial charge < -0.3 is 10.1 Å². The lowest BCUT2D eigenvalue weighted by molar-refractivity contribution is 0.313. The number of hydrogen-bond donors (Lipinski definition) is 1. The second kappa shape index (κ2) is 6.57. The number of ether oxygens (including phenoxy) is 1. The molecule has 1 N–H and O–H groups in total. The van der Waals surface area contributed by atoms with E-state index in [1.54, 1.807) is 0 Å². The third-order valence-corrected chi connectivity index (χ3v) is 3.76. The normalized spacial score (nSPS) is 10.6. The molecule has 0 radical (unpaired) electrons. The minimum Gasteiger partial charge on any atom is -0.492 e. The van der Waals surface area contributed by atoms with Crippen LogP contribution in [0, 0.1) is 13.8 Å². The van der Waals surface area contributed by atoms with Crippen LogP contribution in [0.3, 0.4) is 0 Å². The van der Waals surface area contributed by atoms with E-state index in [0.717, 1.165) is 18.8 Å². The zero-order valence-electron chi connectivity index (χ0n) is 10.9. The minimum atomic E-state index is 0.701. The second-order valence-corrected chi connectivity index (χ2v) is 5.74. The van der Waals surface area contributed by atoms with Crippen molar-refractivity contribution in [1.29, 1.82) is 0 Å². The summed E-state index contributed by atoms with van der Waals surface area (Å²) in [7, 11) is 0. The smallest absolute Gasteiger partial charge is 0.119 e. The van der Waals surface area contributed by atoms with Crippen molar-refractivity contribution in [2.24, 2.45) is 0 Å². The van der Waals surface area contributed by atoms with Gasteiger partial charge in [0.2, 0.25) is 0 Å². The first-order valence-corrected chi connectivity index (χ1v) is 7.02. The number of benzene rings is 1. The van der Waals surface area contributed by atoms with E-state index in [2.05, 4.69) is 25.2 Å². The zero-order valence-corrected chi connectivity index (χ0v) is 11.7. The molecule has 0 atom stereocenters. The molecule has 3 heteroatoms. The maximum Gasteiger partial charge on any atom is 0.119 e. The SMILES string of the molecule is Cc1cc(CNCCOc2ccccc2)c(C)s1. The van der Waals surface area contributed by atoms with Crippen molar-refractivity contribution in [3.63, 3.8) is 0 Å². The van der Waals surface area contributed by atoms with Gasteiger partial charge in [-0.15, -0.1) is 11.3 Å². The molecule has 0 saturated carbocycles. The van der Waals surface area contributed by atoms with E-state index in [9.17, 15) is 0 Å². The molecule has 0 aliphatic rings. The molecule has 0 saturated heterocycles. The van der Waals surface area contributed by atoms with Crippen LogP contribution in [0.2, 0.25) is 0 Å². The maximum absolute atomic E-state index is 5.62. The van der Waals surface area contributed by atoms with Crippen LogP contribution in [-0.4, -0.2) is 13.2 Å². The number of para-hydroxylation sites is 1. The van der Waals surface area contributed by atoms with E-state index in [0.29, 0.717) is 6.61 Å². The third-order valence-electron chi connectivity index (χ3n) is 2.75. The Morgan fingerprint density at radius 2 is 1.94 bits per heavy atom. The molecule has 0 aliphatic heterocycles. The summed E-state index contributed by atoms with van der Waals surface area (Å²) in [6.07, 6.45) is 0. The van der Waals surface area contributed by atoms with Crippen molar-refractivity contribution in [3.8, 4) is 5.75 Å². The van der Waals surface area contributed by atoms with Crippen LogP contribution in [0.15, 0.2) is 36.4 Å². The third kappa shape index (κ3) is 3.86. The van der Waals surface area contributed by atoms with Crippen molar-refractivity contribution in [1.82, 2.24) is 5.32 Å². The van der Waals surface area contributed by atoms with Crippen LogP contribution < -0.4 is 10.1 Å². The van der Waals surface area contributed by atoms with Gasteiger partial charge in [0.25, 0.3) is 0 Å². The van der Waals surface area contributed by atoms with Crippen molar-refractivity contribution in [2.75, 3.05) is 13.2 Å². The van der Waals surface area contributed by atoms with Gasteiger partial charge in [0.15, 0.2) is 0 Å². The Morgan fingerprint density at radius 1 is 1.17 bits per heavy atom. The molecule has 0 amide bonds. The number of hydrogen-bond acceptors (Lipinski definition) is 3. The molecule has 0 bridgehead atoms. The molecule has 0 spiro atoms. The summed E-state index contributed by atoms with van der Waals surface area (Å²) in [4.78, 5) is 2.79. The van der Waals surface area contributed by atoms with Crippen LogP contribution in [0.25, 0.3) is 0 Å². The second-order valence-electron chi connectivity index (χ2n) is 4.28. The van der Waals surface area contributed by atoms with Gasteiger partial charge >= 0.3 is 0 Å². The maximum atomic E-state index is 5.62. The highest BCUT2D eigenvalue weighted by Crippen LogP contribution is 2.20. The molecule has 2 nitrogen and oxygen atoms in total. The highest BCUT2D eigenvalue weighted by atomic mass is 32.1. The summed E-state index contributed by atoms with van der Waals surface area (Å²) in [5.41, 5.74) is 1.40. The number of rotatable bonds is 6. The molecular weight excluding hydrogens is 242 g/mol. The van der Waals surface area contributed by atoms with E-state index >= 15 is 0 Å². The van der Waals surface area contributed by atoms with E-state index in [1.807, 2.05) is 41.7 Å². The predicted octanol–water partition coefficient (Wildman–Crippen LogP) is 3.53. The van der Waals surface area contributed by atoms with Gasteiger partial charge in [-0.1, -0.05) is 18.2 Å². The lowest BCUT2D eigenvalue weighted by Crippen LogP contribution is -2.20. The van der Waals surface area contributed by atoms with Crippen molar-refractivity contribution >= 4 is 11.3 Å². The summed E-state index contributed by atoms with van der Waals surface area (Å²) in [6, 6.07) is 12.2. The Kier molecular flexibility index (Phi) is 4.79. The highest BCUT2D eigenvalue weighted by molar-refractivity contribution is 7.12. The van der Waals surface area contributed by atoms with Crippen LogP contribution >= 0.6 is 11.3 Å². The molecule has 1 aromatic heterocycles. The Hall–Kier alpha value is -1.32. The first kappa shape index (κ1) is 13.1. The summed E-state index contributed by atoms with van der Waals surface area (Å²) < 4.78 is 5.62. The number of aryl methyl sites for hydroxylation is 2. The van der Waals surface area contributed by atoms with E-state index in [4.69, 9.17) is 4.74 Å². The quantitative estimate of drug-likeness (QED) is 0.803. The zero-order chi connectivity index (χ0) is 12.8. The molecule has 0 aliphatic carbocycles. The molecule has 1 heterocycles. The van der Waals surface area contributed by atoms with Gasteiger partial charge in [-0.2, -0.15) is 0 Å². The average molecular weight is 261 g/mol. The minimum absolute atomic E-state index is 0.701. The Bertz CT molecular complexity index is 478. The monoisotopic (exact) mass is 261 g/mol. The number of nitrogens with one attached hydrogen (secondary N) is 1. The summed E-state index contributed by atoms with van der Waals surface area (Å²) in [6.45, 7) is 6.82. The largest absolute Gasteiger partial charge is 0.492 e. The average Bonchev–Trinajstić information content (AvgIpc) is 2.69. The first-order chi connectivity index (χ1) is 8.75. The van der Waals surface area contributed by atoms with Gasteiger partial charge in [0, 0.05) is 22.8 Å². The number of thiophene rings is 1. The Morgan fingerprint density at radius 3 is 2.61 bits per heavy atom. The van der Waals surface area contributed by atoms with Crippen molar-refractivity contribution in [2.45, 2.75) is 20.4 Å². The Balaban J connectivity index is 1.66. The molecule has 0 fully saturated rings. The van der Waals surface area contributed by atoms with E-state index < -0.39 is 0 Å². The van der Waals surface area contributed by atoms with Crippen molar-refractivity contribution < 1.29 is 4.74 Å². The van der Waals surface area contributed by atoms with Crippen LogP contribution in [0.5, 0.6) is 5.75 Å². The molecule has 18 heavy (non-hydrogen) atoms. The summed E-state index contributed by atoms with van der Waals surface area (Å²) in [5.74, 6) is 0.932. The molecular formula is C15H19NOS. The van der Waals surface area contributed by atoms with Gasteiger partial charge in [-0.25, -0.2) is 0 Å². The molecule has 1 aromatic carbocycles. The van der Waals surface area contributed by atoms with E-state index in [-0.39, 0.29) is 0 Å². The molecule has 2 rings (SSSR count). The van der Waals surface area contributed by atoms with Gasteiger partial charge in [0.1, 0.15) is 12.4 Å². The van der Waals surface area contributed by atoms with Gasteiger partial charge in [0.05, 0.1) is 0 Å². The standard InChI is InChI=1S/C15H19NOS/c1-12-10-14(13(2)18-12)11-16-8-9-17-15-6-4-3-5-7-15/h3-7,10,16H,8-9,11H2,1-2H3. The van der Waals surface area contributed by atoms with Crippen LogP contribution in [0.1, 0.15) is 15.3 Å². The predicted molar refractivity (Wildman–Crippen MR) is 77.4 cm³/mol. The molecule has 96 valence electrons. The topological polar surface area (TPSA) is 21.3 Å². The fourth-order valence-corrected chi connectivity index (χ4v) is 2.79. The van der Waals surface area contributed by atoms with Crippen LogP contribution in [-0.2, 0) is 6.54 Å². The summed E-state index contributed by atoms with van der Waals surface area (Å²) in [5, 5.41) is 3.41. The lowest BCUT2D eigenvalue weighted by Gasteiger charge is -2.07. The first-order valence-electron chi connectivity index (χ1n) is 6.20. The van der Waals surface area contributed by atoms with E-state index in [1.165, 1.54) is 15.3 Å². The van der Waals surface area contributed by atoms with Gasteiger partial charge in [-0.3, -0.25) is 0 Å². The lowest BCUT2D eigenvalue weighted by atomic mass is 10.2. The fourth-order valence-electron chi connectivity index (χ4n) is 1.84. The molecule has 2 aromatic rings. The highest BCUT2D eigenvalue weighted by Gasteiger charge is 2.01. The van der Waals surface area contributed by atoms with Crippen molar-refractivity contribution in [3.05, 3.63) is 51.7 Å². The Labute approximate surface area is 113 Å². The van der Waals surface area contributed by atoms with Crippen LogP contribution in [0.4, 0.5) is 0 Å². The molecule has 0 unspecified atom stereocenters. The van der Waals surface area contributed by atoms with Gasteiger partial charge in [-0.05, 0) is 37.6 Å². The fraction of sp³-hybridized carbons (Fsp3) is 0.333. The summed E-state index contributed by atoms with van der Waals surface area (Å²) >= 11 is 1.86.